The SMILES string of the molecule is CN=c1scc(-c2ccc(Cl)c(Cl)c2)n1N=Cc1cc2c(cc1[N+](=O)[O-])OCO2. The van der Waals surface area contributed by atoms with Crippen molar-refractivity contribution < 1.29 is 14.4 Å². The fourth-order valence-electron chi connectivity index (χ4n) is 2.74. The smallest absolute Gasteiger partial charge is 0.282 e. The van der Waals surface area contributed by atoms with E-state index in [9.17, 15) is 10.1 Å². The first-order valence-corrected chi connectivity index (χ1v) is 9.82. The van der Waals surface area contributed by atoms with E-state index in [2.05, 4.69) is 10.1 Å². The lowest BCUT2D eigenvalue weighted by Gasteiger charge is -2.05. The maximum Gasteiger partial charge on any atom is 0.282 e. The molecule has 148 valence electrons. The summed E-state index contributed by atoms with van der Waals surface area (Å²) in [5.41, 5.74) is 1.64. The maximum atomic E-state index is 11.5. The van der Waals surface area contributed by atoms with Crippen molar-refractivity contribution in [1.29, 1.82) is 0 Å². The van der Waals surface area contributed by atoms with E-state index in [-0.39, 0.29) is 18.0 Å². The topological polar surface area (TPSA) is 91.2 Å². The van der Waals surface area contributed by atoms with Crippen molar-refractivity contribution in [3.8, 4) is 22.8 Å². The largest absolute Gasteiger partial charge is 0.454 e. The van der Waals surface area contributed by atoms with Crippen molar-refractivity contribution in [2.45, 2.75) is 0 Å². The van der Waals surface area contributed by atoms with Gasteiger partial charge in [0.15, 0.2) is 11.5 Å². The summed E-state index contributed by atoms with van der Waals surface area (Å²) in [4.78, 5) is 15.8. The molecule has 1 aromatic heterocycles. The molecular weight excluding hydrogens is 439 g/mol. The Morgan fingerprint density at radius 1 is 1.21 bits per heavy atom. The zero-order chi connectivity index (χ0) is 20.5. The Morgan fingerprint density at radius 2 is 1.97 bits per heavy atom. The van der Waals surface area contributed by atoms with E-state index in [1.807, 2.05) is 11.4 Å². The van der Waals surface area contributed by atoms with Gasteiger partial charge in [-0.15, -0.1) is 11.3 Å². The third-order valence-corrected chi connectivity index (χ3v) is 5.77. The van der Waals surface area contributed by atoms with Gasteiger partial charge in [-0.05, 0) is 18.2 Å². The highest BCUT2D eigenvalue weighted by molar-refractivity contribution is 7.07. The fraction of sp³-hybridized carbons (Fsp3) is 0.111. The van der Waals surface area contributed by atoms with E-state index in [0.717, 1.165) is 5.56 Å². The second kappa shape index (κ2) is 7.86. The van der Waals surface area contributed by atoms with E-state index < -0.39 is 4.92 Å². The van der Waals surface area contributed by atoms with Crippen LogP contribution in [0.25, 0.3) is 11.3 Å². The number of rotatable bonds is 4. The first kappa shape index (κ1) is 19.4. The molecule has 0 aliphatic carbocycles. The predicted molar refractivity (Wildman–Crippen MR) is 111 cm³/mol. The minimum absolute atomic E-state index is 0.0205. The summed E-state index contributed by atoms with van der Waals surface area (Å²) in [6.07, 6.45) is 1.39. The molecule has 2 heterocycles. The van der Waals surface area contributed by atoms with Gasteiger partial charge in [-0.1, -0.05) is 29.3 Å². The average molecular weight is 451 g/mol. The molecule has 29 heavy (non-hydrogen) atoms. The number of ether oxygens (including phenoxy) is 2. The number of hydrogen-bond donors (Lipinski definition) is 0. The number of thiazole rings is 1. The van der Waals surface area contributed by atoms with Gasteiger partial charge in [0.1, 0.15) is 0 Å². The lowest BCUT2D eigenvalue weighted by molar-refractivity contribution is -0.385. The van der Waals surface area contributed by atoms with E-state index in [1.165, 1.54) is 29.7 Å². The zero-order valence-corrected chi connectivity index (χ0v) is 17.2. The number of hydrogen-bond acceptors (Lipinski definition) is 7. The summed E-state index contributed by atoms with van der Waals surface area (Å²) in [6, 6.07) is 8.08. The molecule has 0 saturated carbocycles. The Bertz CT molecular complexity index is 1220. The Balaban J connectivity index is 1.81. The van der Waals surface area contributed by atoms with E-state index in [1.54, 1.807) is 23.9 Å². The third kappa shape index (κ3) is 3.71. The van der Waals surface area contributed by atoms with Crippen LogP contribution < -0.4 is 14.3 Å². The van der Waals surface area contributed by atoms with Gasteiger partial charge in [0, 0.05) is 18.0 Å². The molecule has 0 saturated heterocycles. The van der Waals surface area contributed by atoms with E-state index >= 15 is 0 Å². The first-order valence-electron chi connectivity index (χ1n) is 8.19. The van der Waals surface area contributed by atoms with Gasteiger partial charge in [0.25, 0.3) is 5.69 Å². The predicted octanol–water partition coefficient (Wildman–Crippen LogP) is 4.57. The Kier molecular flexibility index (Phi) is 5.27. The quantitative estimate of drug-likeness (QED) is 0.330. The minimum atomic E-state index is -0.493. The highest BCUT2D eigenvalue weighted by Crippen LogP contribution is 2.37. The lowest BCUT2D eigenvalue weighted by atomic mass is 10.1. The average Bonchev–Trinajstić information content (AvgIpc) is 3.33. The molecule has 0 N–H and O–H groups in total. The lowest BCUT2D eigenvalue weighted by Crippen LogP contribution is -2.11. The molecular formula is C18H12Cl2N4O4S. The van der Waals surface area contributed by atoms with Crippen molar-refractivity contribution in [1.82, 2.24) is 4.68 Å². The number of benzene rings is 2. The van der Waals surface area contributed by atoms with Crippen molar-refractivity contribution in [2.24, 2.45) is 10.1 Å². The molecule has 0 amide bonds. The molecule has 0 atom stereocenters. The van der Waals surface area contributed by atoms with Crippen LogP contribution in [0.4, 0.5) is 5.69 Å². The summed E-state index contributed by atoms with van der Waals surface area (Å²) in [5, 5.41) is 18.6. The summed E-state index contributed by atoms with van der Waals surface area (Å²) in [7, 11) is 1.64. The van der Waals surface area contributed by atoms with Gasteiger partial charge in [-0.2, -0.15) is 5.10 Å². The fourth-order valence-corrected chi connectivity index (χ4v) is 3.85. The first-order chi connectivity index (χ1) is 14.0. The molecule has 0 spiro atoms. The van der Waals surface area contributed by atoms with Crippen molar-refractivity contribution >= 4 is 46.4 Å². The van der Waals surface area contributed by atoms with E-state index in [0.29, 0.717) is 32.0 Å². The molecule has 2 aromatic carbocycles. The van der Waals surface area contributed by atoms with Crippen molar-refractivity contribution in [3.05, 3.63) is 66.2 Å². The third-order valence-electron chi connectivity index (χ3n) is 4.12. The standard InChI is InChI=1S/C18H12Cl2N4O4S/c1-21-18-23(15(8-29-18)10-2-3-12(19)13(20)4-10)22-7-11-5-16-17(28-9-27-16)6-14(11)24(25)26/h2-8H,9H2,1H3. The zero-order valence-electron chi connectivity index (χ0n) is 14.8. The van der Waals surface area contributed by atoms with Crippen LogP contribution in [0.15, 0.2) is 45.8 Å². The number of nitro groups is 1. The second-order valence-electron chi connectivity index (χ2n) is 5.83. The summed E-state index contributed by atoms with van der Waals surface area (Å²) in [6.45, 7) is 0.0205. The highest BCUT2D eigenvalue weighted by Gasteiger charge is 2.22. The van der Waals surface area contributed by atoms with Crippen LogP contribution in [0, 0.1) is 10.1 Å². The number of nitrogens with zero attached hydrogens (tertiary/aromatic N) is 4. The number of aromatic nitrogens is 1. The van der Waals surface area contributed by atoms with Crippen LogP contribution in [-0.2, 0) is 0 Å². The molecule has 0 radical (unpaired) electrons. The van der Waals surface area contributed by atoms with Crippen LogP contribution in [0.1, 0.15) is 5.56 Å². The van der Waals surface area contributed by atoms with Crippen LogP contribution >= 0.6 is 34.5 Å². The molecule has 1 aliphatic rings. The molecule has 11 heteroatoms. The molecule has 0 unspecified atom stereocenters. The van der Waals surface area contributed by atoms with Gasteiger partial charge in [-0.25, -0.2) is 4.68 Å². The van der Waals surface area contributed by atoms with Gasteiger partial charge in [0.2, 0.25) is 11.6 Å². The van der Waals surface area contributed by atoms with Crippen LogP contribution in [0.5, 0.6) is 11.5 Å². The maximum absolute atomic E-state index is 11.5. The highest BCUT2D eigenvalue weighted by atomic mass is 35.5. The Labute approximate surface area is 178 Å². The molecule has 0 bridgehead atoms. The summed E-state index contributed by atoms with van der Waals surface area (Å²) < 4.78 is 12.1. The van der Waals surface area contributed by atoms with Gasteiger partial charge < -0.3 is 9.47 Å². The number of nitro benzene ring substituents is 1. The summed E-state index contributed by atoms with van der Waals surface area (Å²) in [5.74, 6) is 0.759. The summed E-state index contributed by atoms with van der Waals surface area (Å²) >= 11 is 13.5. The van der Waals surface area contributed by atoms with Crippen LogP contribution in [0.3, 0.4) is 0 Å². The second-order valence-corrected chi connectivity index (χ2v) is 7.48. The molecule has 8 nitrogen and oxygen atoms in total. The van der Waals surface area contributed by atoms with Gasteiger partial charge >= 0.3 is 0 Å². The van der Waals surface area contributed by atoms with Crippen LogP contribution in [-0.4, -0.2) is 29.7 Å². The Hall–Kier alpha value is -2.88. The molecule has 3 aromatic rings. The van der Waals surface area contributed by atoms with E-state index in [4.69, 9.17) is 32.7 Å². The number of fused-ring (bicyclic) bond motifs is 1. The normalized spacial score (nSPS) is 13.4. The van der Waals surface area contributed by atoms with Crippen molar-refractivity contribution in [3.63, 3.8) is 0 Å². The number of halogens is 2. The molecule has 1 aliphatic heterocycles. The van der Waals surface area contributed by atoms with Gasteiger partial charge in [0.05, 0.1) is 38.5 Å². The monoisotopic (exact) mass is 450 g/mol. The van der Waals surface area contributed by atoms with Gasteiger partial charge in [-0.3, -0.25) is 15.1 Å². The van der Waals surface area contributed by atoms with Crippen molar-refractivity contribution in [2.75, 3.05) is 13.8 Å². The minimum Gasteiger partial charge on any atom is -0.454 e. The van der Waals surface area contributed by atoms with Crippen LogP contribution in [0.2, 0.25) is 10.0 Å². The molecule has 0 fully saturated rings. The Morgan fingerprint density at radius 3 is 2.66 bits per heavy atom. The molecule has 4 rings (SSSR count).